The van der Waals surface area contributed by atoms with Crippen LogP contribution < -0.4 is 0 Å². The number of ether oxygens (including phenoxy) is 2. The van der Waals surface area contributed by atoms with Crippen molar-refractivity contribution in [3.63, 3.8) is 0 Å². The third-order valence-corrected chi connectivity index (χ3v) is 1.63. The van der Waals surface area contributed by atoms with Gasteiger partial charge in [-0.2, -0.15) is 0 Å². The second kappa shape index (κ2) is 3.88. The van der Waals surface area contributed by atoms with Gasteiger partial charge in [0.2, 0.25) is 0 Å². The highest BCUT2D eigenvalue weighted by atomic mass is 16.7. The molecule has 0 aromatic carbocycles. The topological polar surface area (TPSA) is 134 Å². The fraction of sp³-hybridized carbons (Fsp3) is 0.667. The number of rotatable bonds is 5. The van der Waals surface area contributed by atoms with Gasteiger partial charge in [-0.25, -0.2) is 9.59 Å². The molecular weight excluding hydrogens is 200 g/mol. The van der Waals surface area contributed by atoms with Gasteiger partial charge in [-0.15, -0.1) is 0 Å². The molecule has 0 bridgehead atoms. The molecular formula is C6H10O8. The average Bonchev–Trinajstić information content (AvgIpc) is 2.14. The fourth-order valence-corrected chi connectivity index (χ4v) is 0.741. The zero-order chi connectivity index (χ0) is 11.6. The van der Waals surface area contributed by atoms with Crippen molar-refractivity contribution in [2.45, 2.75) is 11.6 Å². The third-order valence-electron chi connectivity index (χ3n) is 1.63. The largest absolute Gasteiger partial charge is 0.477 e. The molecule has 0 saturated carbocycles. The zero-order valence-corrected chi connectivity index (χ0v) is 7.42. The Morgan fingerprint density at radius 2 is 1.14 bits per heavy atom. The Bertz CT molecular complexity index is 224. The number of hydrogen-bond donors (Lipinski definition) is 4. The standard InChI is InChI=1S/C6H10O8/c1-13-5(11,3(7)8)6(12,14-2)4(9)10/h11-12H,1-2H3,(H,7,8)(H,9,10). The maximum Gasteiger partial charge on any atom is 0.371 e. The molecule has 0 fully saturated rings. The van der Waals surface area contributed by atoms with E-state index >= 15 is 0 Å². The lowest BCUT2D eigenvalue weighted by Gasteiger charge is -2.33. The van der Waals surface area contributed by atoms with Crippen molar-refractivity contribution in [1.29, 1.82) is 0 Å². The van der Waals surface area contributed by atoms with Gasteiger partial charge >= 0.3 is 23.5 Å². The van der Waals surface area contributed by atoms with E-state index in [9.17, 15) is 19.8 Å². The SMILES string of the molecule is COC(O)(C(=O)O)C(O)(OC)C(=O)O. The normalized spacial score (nSPS) is 19.4. The fourth-order valence-electron chi connectivity index (χ4n) is 0.741. The smallest absolute Gasteiger partial charge is 0.371 e. The molecule has 14 heavy (non-hydrogen) atoms. The maximum absolute atomic E-state index is 10.5. The molecule has 0 radical (unpaired) electrons. The molecule has 0 amide bonds. The van der Waals surface area contributed by atoms with E-state index in [1.165, 1.54) is 0 Å². The molecule has 8 nitrogen and oxygen atoms in total. The Kier molecular flexibility index (Phi) is 3.54. The van der Waals surface area contributed by atoms with Gasteiger partial charge in [0, 0.05) is 14.2 Å². The zero-order valence-electron chi connectivity index (χ0n) is 7.42. The summed E-state index contributed by atoms with van der Waals surface area (Å²) in [5.74, 6) is -10.9. The highest BCUT2D eigenvalue weighted by Crippen LogP contribution is 2.25. The molecule has 0 aliphatic carbocycles. The molecule has 2 unspecified atom stereocenters. The van der Waals surface area contributed by atoms with Gasteiger partial charge < -0.3 is 29.9 Å². The van der Waals surface area contributed by atoms with Crippen molar-refractivity contribution >= 4 is 11.9 Å². The summed E-state index contributed by atoms with van der Waals surface area (Å²) in [7, 11) is 1.42. The first-order valence-corrected chi connectivity index (χ1v) is 3.28. The van der Waals surface area contributed by atoms with Gasteiger partial charge in [-0.05, 0) is 0 Å². The van der Waals surface area contributed by atoms with Crippen LogP contribution in [-0.2, 0) is 19.1 Å². The summed E-state index contributed by atoms with van der Waals surface area (Å²) in [6, 6.07) is 0. The number of carboxylic acids is 2. The van der Waals surface area contributed by atoms with Crippen LogP contribution >= 0.6 is 0 Å². The highest BCUT2D eigenvalue weighted by molar-refractivity contribution is 5.88. The van der Waals surface area contributed by atoms with Crippen molar-refractivity contribution in [1.82, 2.24) is 0 Å². The molecule has 82 valence electrons. The van der Waals surface area contributed by atoms with Crippen LogP contribution in [0.3, 0.4) is 0 Å². The predicted octanol–water partition coefficient (Wildman–Crippen LogP) is -2.17. The summed E-state index contributed by atoms with van der Waals surface area (Å²) in [6.07, 6.45) is 0. The molecule has 0 aliphatic rings. The minimum atomic E-state index is -3.38. The van der Waals surface area contributed by atoms with Gasteiger partial charge in [-0.1, -0.05) is 0 Å². The van der Waals surface area contributed by atoms with Gasteiger partial charge in [0.25, 0.3) is 0 Å². The Morgan fingerprint density at radius 1 is 0.929 bits per heavy atom. The first-order chi connectivity index (χ1) is 6.26. The van der Waals surface area contributed by atoms with E-state index in [4.69, 9.17) is 10.2 Å². The molecule has 0 rings (SSSR count). The van der Waals surface area contributed by atoms with E-state index in [-0.39, 0.29) is 0 Å². The van der Waals surface area contributed by atoms with E-state index in [0.29, 0.717) is 14.2 Å². The number of hydrogen-bond acceptors (Lipinski definition) is 6. The van der Waals surface area contributed by atoms with Crippen molar-refractivity contribution in [3.8, 4) is 0 Å². The van der Waals surface area contributed by atoms with E-state index < -0.39 is 23.5 Å². The summed E-state index contributed by atoms with van der Waals surface area (Å²) in [4.78, 5) is 21.0. The number of carboxylic acid groups (broad SMARTS) is 2. The van der Waals surface area contributed by atoms with E-state index in [1.54, 1.807) is 0 Å². The second-order valence-corrected chi connectivity index (χ2v) is 2.31. The quantitative estimate of drug-likeness (QED) is 0.376. The van der Waals surface area contributed by atoms with Crippen molar-refractivity contribution in [2.24, 2.45) is 0 Å². The first-order valence-electron chi connectivity index (χ1n) is 3.28. The minimum Gasteiger partial charge on any atom is -0.477 e. The highest BCUT2D eigenvalue weighted by Gasteiger charge is 2.63. The Labute approximate surface area is 78.3 Å². The van der Waals surface area contributed by atoms with Crippen LogP contribution in [0, 0.1) is 0 Å². The predicted molar refractivity (Wildman–Crippen MR) is 39.2 cm³/mol. The number of carbonyl (C=O) groups is 2. The minimum absolute atomic E-state index is 0.709. The average molecular weight is 210 g/mol. The second-order valence-electron chi connectivity index (χ2n) is 2.31. The third kappa shape index (κ3) is 1.55. The van der Waals surface area contributed by atoms with Crippen molar-refractivity contribution < 1.29 is 39.5 Å². The summed E-state index contributed by atoms with van der Waals surface area (Å²) >= 11 is 0. The molecule has 0 spiro atoms. The van der Waals surface area contributed by atoms with Crippen molar-refractivity contribution in [2.75, 3.05) is 14.2 Å². The van der Waals surface area contributed by atoms with Crippen LogP contribution in [0.25, 0.3) is 0 Å². The van der Waals surface area contributed by atoms with E-state index in [1.807, 2.05) is 0 Å². The van der Waals surface area contributed by atoms with Crippen LogP contribution in [0.1, 0.15) is 0 Å². The molecule has 0 heterocycles. The van der Waals surface area contributed by atoms with Crippen LogP contribution in [0.15, 0.2) is 0 Å². The van der Waals surface area contributed by atoms with Crippen LogP contribution in [0.4, 0.5) is 0 Å². The summed E-state index contributed by atoms with van der Waals surface area (Å²) < 4.78 is 8.03. The van der Waals surface area contributed by atoms with Crippen LogP contribution in [0.5, 0.6) is 0 Å². The number of aliphatic carboxylic acids is 2. The molecule has 0 aromatic rings. The van der Waals surface area contributed by atoms with Crippen molar-refractivity contribution in [3.05, 3.63) is 0 Å². The lowest BCUT2D eigenvalue weighted by atomic mass is 10.1. The van der Waals surface area contributed by atoms with E-state index in [0.717, 1.165) is 0 Å². The summed E-state index contributed by atoms with van der Waals surface area (Å²) in [6.45, 7) is 0. The Hall–Kier alpha value is -1.22. The maximum atomic E-state index is 10.5. The molecule has 0 aliphatic heterocycles. The molecule has 0 saturated heterocycles. The number of methoxy groups -OCH3 is 2. The van der Waals surface area contributed by atoms with Gasteiger partial charge in [0.05, 0.1) is 0 Å². The van der Waals surface area contributed by atoms with Crippen LogP contribution in [-0.4, -0.2) is 58.2 Å². The Morgan fingerprint density at radius 3 is 1.21 bits per heavy atom. The lowest BCUT2D eigenvalue weighted by Crippen LogP contribution is -2.65. The Balaban J connectivity index is 5.37. The monoisotopic (exact) mass is 210 g/mol. The molecule has 8 heteroatoms. The van der Waals surface area contributed by atoms with Gasteiger partial charge in [0.15, 0.2) is 0 Å². The first kappa shape index (κ1) is 12.8. The molecule has 2 atom stereocenters. The molecule has 0 aromatic heterocycles. The van der Waals surface area contributed by atoms with Gasteiger partial charge in [0.1, 0.15) is 0 Å². The lowest BCUT2D eigenvalue weighted by molar-refractivity contribution is -0.347. The molecule has 4 N–H and O–H groups in total. The summed E-state index contributed by atoms with van der Waals surface area (Å²) in [5.41, 5.74) is 0. The van der Waals surface area contributed by atoms with E-state index in [2.05, 4.69) is 9.47 Å². The number of aliphatic hydroxyl groups is 2. The summed E-state index contributed by atoms with van der Waals surface area (Å²) in [5, 5.41) is 35.4. The van der Waals surface area contributed by atoms with Gasteiger partial charge in [-0.3, -0.25) is 0 Å². The van der Waals surface area contributed by atoms with Crippen LogP contribution in [0.2, 0.25) is 0 Å².